The Morgan fingerprint density at radius 3 is 2.55 bits per heavy atom. The van der Waals surface area contributed by atoms with E-state index in [0.29, 0.717) is 28.8 Å². The third kappa shape index (κ3) is 6.07. The van der Waals surface area contributed by atoms with Gasteiger partial charge in [0.15, 0.2) is 5.82 Å². The molecule has 2 aromatic carbocycles. The molecular formula is C25H25F3N8O2. The van der Waals surface area contributed by atoms with Crippen LogP contribution in [-0.2, 0) is 12.7 Å². The minimum absolute atomic E-state index is 0.105. The normalized spacial score (nSPS) is 11.3. The Balaban J connectivity index is 1.61. The van der Waals surface area contributed by atoms with Crippen LogP contribution in [0.2, 0.25) is 0 Å². The summed E-state index contributed by atoms with van der Waals surface area (Å²) in [5, 5.41) is 22.3. The van der Waals surface area contributed by atoms with Gasteiger partial charge in [0, 0.05) is 42.7 Å². The lowest BCUT2D eigenvalue weighted by Gasteiger charge is -2.15. The van der Waals surface area contributed by atoms with E-state index in [2.05, 4.69) is 31.0 Å². The number of aromatic nitrogens is 4. The standard InChI is InChI=1S/C25H25F3N8O2/c1-14-4-5-19(33-24(37)17-7-16(12-32-38)8-18(9-17)25(26,27)28)10-20(14)34-23-6-15(2)35-36(23)22-11-21(29-3)30-13-31-22/h4-11,13,32,34,38H,12H2,1-3H3,(H,33,37)(H,29,30,31). The Kier molecular flexibility index (Phi) is 7.60. The van der Waals surface area contributed by atoms with E-state index in [1.807, 2.05) is 25.4 Å². The SMILES string of the molecule is CNc1cc(-n2nc(C)cc2Nc2cc(NC(=O)c3cc(CNO)cc(C(F)(F)F)c3)ccc2C)ncn1. The topological polar surface area (TPSA) is 129 Å². The highest BCUT2D eigenvalue weighted by atomic mass is 19.4. The van der Waals surface area contributed by atoms with Crippen molar-refractivity contribution in [2.24, 2.45) is 0 Å². The van der Waals surface area contributed by atoms with Crippen LogP contribution >= 0.6 is 0 Å². The van der Waals surface area contributed by atoms with Crippen LogP contribution in [0.1, 0.15) is 32.7 Å². The van der Waals surface area contributed by atoms with Crippen molar-refractivity contribution in [3.05, 3.63) is 82.8 Å². The maximum absolute atomic E-state index is 13.3. The molecule has 0 aliphatic rings. The molecule has 1 amide bonds. The number of anilines is 4. The second kappa shape index (κ2) is 10.9. The molecule has 0 radical (unpaired) electrons. The van der Waals surface area contributed by atoms with Crippen molar-refractivity contribution >= 4 is 28.9 Å². The lowest BCUT2D eigenvalue weighted by Crippen LogP contribution is -2.16. The van der Waals surface area contributed by atoms with Gasteiger partial charge in [0.1, 0.15) is 18.0 Å². The first-order chi connectivity index (χ1) is 18.1. The molecular weight excluding hydrogens is 501 g/mol. The number of nitrogens with zero attached hydrogens (tertiary/aromatic N) is 4. The zero-order valence-corrected chi connectivity index (χ0v) is 20.7. The number of halogens is 3. The number of hydrogen-bond acceptors (Lipinski definition) is 8. The number of carbonyl (C=O) groups is 1. The first-order valence-corrected chi connectivity index (χ1v) is 11.4. The number of benzene rings is 2. The van der Waals surface area contributed by atoms with Crippen molar-refractivity contribution in [2.45, 2.75) is 26.6 Å². The molecule has 10 nitrogen and oxygen atoms in total. The zero-order valence-electron chi connectivity index (χ0n) is 20.7. The van der Waals surface area contributed by atoms with E-state index in [1.54, 1.807) is 36.0 Å². The second-order valence-corrected chi connectivity index (χ2v) is 8.45. The van der Waals surface area contributed by atoms with E-state index in [9.17, 15) is 18.0 Å². The molecule has 2 heterocycles. The third-order valence-electron chi connectivity index (χ3n) is 5.58. The number of nitrogens with one attached hydrogen (secondary N) is 4. The summed E-state index contributed by atoms with van der Waals surface area (Å²) in [5.74, 6) is 1.02. The lowest BCUT2D eigenvalue weighted by molar-refractivity contribution is -0.137. The first kappa shape index (κ1) is 26.6. The van der Waals surface area contributed by atoms with Gasteiger partial charge in [0.05, 0.1) is 11.3 Å². The first-order valence-electron chi connectivity index (χ1n) is 11.4. The van der Waals surface area contributed by atoms with Gasteiger partial charge in [-0.3, -0.25) is 4.79 Å². The Bertz CT molecular complexity index is 1470. The largest absolute Gasteiger partial charge is 0.416 e. The average Bonchev–Trinajstić information content (AvgIpc) is 3.25. The molecule has 5 N–H and O–H groups in total. The van der Waals surface area contributed by atoms with Crippen LogP contribution < -0.4 is 21.4 Å². The third-order valence-corrected chi connectivity index (χ3v) is 5.58. The van der Waals surface area contributed by atoms with Crippen molar-refractivity contribution < 1.29 is 23.2 Å². The molecule has 198 valence electrons. The Morgan fingerprint density at radius 1 is 1.05 bits per heavy atom. The molecule has 0 unspecified atom stereocenters. The van der Waals surface area contributed by atoms with E-state index < -0.39 is 17.6 Å². The molecule has 0 aliphatic carbocycles. The fourth-order valence-electron chi connectivity index (χ4n) is 3.72. The molecule has 4 aromatic rings. The van der Waals surface area contributed by atoms with Crippen LogP contribution in [0.4, 0.5) is 36.2 Å². The van der Waals surface area contributed by atoms with Crippen LogP contribution in [0.25, 0.3) is 5.82 Å². The molecule has 4 rings (SSSR count). The number of alkyl halides is 3. The van der Waals surface area contributed by atoms with Crippen LogP contribution in [0.15, 0.2) is 54.9 Å². The molecule has 13 heteroatoms. The van der Waals surface area contributed by atoms with E-state index in [1.165, 1.54) is 12.4 Å². The highest BCUT2D eigenvalue weighted by molar-refractivity contribution is 6.04. The number of hydrogen-bond donors (Lipinski definition) is 5. The summed E-state index contributed by atoms with van der Waals surface area (Å²) in [7, 11) is 1.74. The molecule has 0 saturated heterocycles. The van der Waals surface area contributed by atoms with E-state index in [-0.39, 0.29) is 17.7 Å². The maximum Gasteiger partial charge on any atom is 0.416 e. The van der Waals surface area contributed by atoms with Gasteiger partial charge in [-0.1, -0.05) is 6.07 Å². The van der Waals surface area contributed by atoms with Crippen molar-refractivity contribution in [2.75, 3.05) is 23.0 Å². The summed E-state index contributed by atoms with van der Waals surface area (Å²) in [4.78, 5) is 21.3. The monoisotopic (exact) mass is 526 g/mol. The molecule has 0 aliphatic heterocycles. The Labute approximate surface area is 215 Å². The predicted molar refractivity (Wildman–Crippen MR) is 136 cm³/mol. The summed E-state index contributed by atoms with van der Waals surface area (Å²) in [6.07, 6.45) is -3.24. The lowest BCUT2D eigenvalue weighted by atomic mass is 10.0. The second-order valence-electron chi connectivity index (χ2n) is 8.45. The number of aryl methyl sites for hydroxylation is 2. The number of rotatable bonds is 8. The quantitative estimate of drug-likeness (QED) is 0.207. The van der Waals surface area contributed by atoms with Crippen LogP contribution in [0.3, 0.4) is 0 Å². The molecule has 0 bridgehead atoms. The van der Waals surface area contributed by atoms with Gasteiger partial charge < -0.3 is 21.2 Å². The molecule has 0 spiro atoms. The molecule has 0 fully saturated rings. The smallest absolute Gasteiger partial charge is 0.373 e. The van der Waals surface area contributed by atoms with Gasteiger partial charge in [-0.15, -0.1) is 0 Å². The number of carbonyl (C=O) groups excluding carboxylic acids is 1. The van der Waals surface area contributed by atoms with Crippen LogP contribution in [-0.4, -0.2) is 37.9 Å². The van der Waals surface area contributed by atoms with Crippen molar-refractivity contribution in [1.82, 2.24) is 25.2 Å². The summed E-state index contributed by atoms with van der Waals surface area (Å²) >= 11 is 0. The Hall–Kier alpha value is -4.49. The van der Waals surface area contributed by atoms with Crippen LogP contribution in [0.5, 0.6) is 0 Å². The van der Waals surface area contributed by atoms with Gasteiger partial charge in [-0.2, -0.15) is 23.0 Å². The summed E-state index contributed by atoms with van der Waals surface area (Å²) < 4.78 is 41.6. The molecule has 2 aromatic heterocycles. The molecule has 38 heavy (non-hydrogen) atoms. The van der Waals surface area contributed by atoms with E-state index >= 15 is 0 Å². The van der Waals surface area contributed by atoms with Gasteiger partial charge in [-0.25, -0.2) is 15.4 Å². The highest BCUT2D eigenvalue weighted by Crippen LogP contribution is 2.31. The minimum Gasteiger partial charge on any atom is -0.373 e. The summed E-state index contributed by atoms with van der Waals surface area (Å²) in [6, 6.07) is 11.6. The van der Waals surface area contributed by atoms with Crippen molar-refractivity contribution in [3.63, 3.8) is 0 Å². The van der Waals surface area contributed by atoms with Crippen molar-refractivity contribution in [1.29, 1.82) is 0 Å². The molecule has 0 atom stereocenters. The van der Waals surface area contributed by atoms with Crippen LogP contribution in [0, 0.1) is 13.8 Å². The van der Waals surface area contributed by atoms with Gasteiger partial charge in [0.25, 0.3) is 5.91 Å². The zero-order chi connectivity index (χ0) is 27.4. The fourth-order valence-corrected chi connectivity index (χ4v) is 3.72. The number of amides is 1. The summed E-state index contributed by atoms with van der Waals surface area (Å²) in [5.41, 5.74) is 3.32. The fraction of sp³-hybridized carbons (Fsp3) is 0.200. The van der Waals surface area contributed by atoms with Gasteiger partial charge in [0.2, 0.25) is 0 Å². The Morgan fingerprint density at radius 2 is 1.84 bits per heavy atom. The van der Waals surface area contributed by atoms with Gasteiger partial charge in [-0.05, 0) is 55.3 Å². The maximum atomic E-state index is 13.3. The average molecular weight is 527 g/mol. The van der Waals surface area contributed by atoms with Crippen molar-refractivity contribution in [3.8, 4) is 5.82 Å². The van der Waals surface area contributed by atoms with E-state index in [4.69, 9.17) is 5.21 Å². The predicted octanol–water partition coefficient (Wildman–Crippen LogP) is 4.81. The van der Waals surface area contributed by atoms with Gasteiger partial charge >= 0.3 is 6.18 Å². The molecule has 0 saturated carbocycles. The van der Waals surface area contributed by atoms with E-state index in [0.717, 1.165) is 23.4 Å². The minimum atomic E-state index is -4.65. The highest BCUT2D eigenvalue weighted by Gasteiger charge is 2.31. The number of hydroxylamine groups is 1. The summed E-state index contributed by atoms with van der Waals surface area (Å²) in [6.45, 7) is 3.45.